The van der Waals surface area contributed by atoms with Crippen LogP contribution < -0.4 is 9.47 Å². The highest BCUT2D eigenvalue weighted by Crippen LogP contribution is 2.36. The van der Waals surface area contributed by atoms with Crippen molar-refractivity contribution in [1.29, 1.82) is 0 Å². The third-order valence-corrected chi connectivity index (χ3v) is 6.24. The van der Waals surface area contributed by atoms with Crippen LogP contribution in [0.5, 0.6) is 11.5 Å². The second kappa shape index (κ2) is 10.3. The molecule has 1 N–H and O–H groups in total. The Morgan fingerprint density at radius 3 is 2.14 bits per heavy atom. The summed E-state index contributed by atoms with van der Waals surface area (Å²) in [6, 6.07) is 31.4. The van der Waals surface area contributed by atoms with Crippen LogP contribution in [-0.2, 0) is 6.61 Å². The topological polar surface area (TPSA) is 47.1 Å². The van der Waals surface area contributed by atoms with Gasteiger partial charge in [-0.15, -0.1) is 0 Å². The van der Waals surface area contributed by atoms with E-state index in [2.05, 4.69) is 29.2 Å². The van der Waals surface area contributed by atoms with Gasteiger partial charge in [-0.25, -0.2) is 4.98 Å². The summed E-state index contributed by atoms with van der Waals surface area (Å²) in [6.07, 6.45) is 0. The predicted molar refractivity (Wildman–Crippen MR) is 142 cm³/mol. The van der Waals surface area contributed by atoms with Gasteiger partial charge >= 0.3 is 0 Å². The Morgan fingerprint density at radius 1 is 0.743 bits per heavy atom. The minimum Gasteiger partial charge on any atom is -0.493 e. The molecule has 6 heteroatoms. The fourth-order valence-electron chi connectivity index (χ4n) is 3.86. The standard InChI is InChI=1S/C29H22Cl2N2O2/c1-34-26-16-21(13-15-25(26)35-18-22-12-14-23(30)17-24(22)31)29-32-27(19-8-4-2-5-9-19)28(33-29)20-10-6-3-7-11-20/h2-17H,18H2,1H3,(H,32,33). The number of aromatic nitrogens is 2. The number of halogens is 2. The van der Waals surface area contributed by atoms with Crippen LogP contribution in [0.15, 0.2) is 97.1 Å². The van der Waals surface area contributed by atoms with E-state index in [4.69, 9.17) is 37.7 Å². The lowest BCUT2D eigenvalue weighted by molar-refractivity contribution is 0.284. The Hall–Kier alpha value is -3.73. The van der Waals surface area contributed by atoms with Crippen LogP contribution in [0.4, 0.5) is 0 Å². The molecule has 0 unspecified atom stereocenters. The van der Waals surface area contributed by atoms with Crippen LogP contribution in [0.1, 0.15) is 5.56 Å². The van der Waals surface area contributed by atoms with Crippen LogP contribution in [0.2, 0.25) is 10.0 Å². The molecule has 35 heavy (non-hydrogen) atoms. The van der Waals surface area contributed by atoms with Gasteiger partial charge in [0.1, 0.15) is 12.4 Å². The van der Waals surface area contributed by atoms with E-state index in [-0.39, 0.29) is 0 Å². The number of methoxy groups -OCH3 is 1. The molecule has 0 saturated carbocycles. The molecule has 0 bridgehead atoms. The van der Waals surface area contributed by atoms with Gasteiger partial charge in [0.05, 0.1) is 18.5 Å². The van der Waals surface area contributed by atoms with Crippen LogP contribution in [0, 0.1) is 0 Å². The number of hydrogen-bond donors (Lipinski definition) is 1. The van der Waals surface area contributed by atoms with Gasteiger partial charge in [0.25, 0.3) is 0 Å². The summed E-state index contributed by atoms with van der Waals surface area (Å²) < 4.78 is 11.6. The number of benzene rings is 4. The van der Waals surface area contributed by atoms with Crippen molar-refractivity contribution in [3.63, 3.8) is 0 Å². The molecular weight excluding hydrogens is 479 g/mol. The second-order valence-corrected chi connectivity index (χ2v) is 8.77. The zero-order chi connectivity index (χ0) is 24.2. The first-order chi connectivity index (χ1) is 17.1. The molecule has 1 heterocycles. The van der Waals surface area contributed by atoms with E-state index >= 15 is 0 Å². The average molecular weight is 501 g/mol. The van der Waals surface area contributed by atoms with Crippen molar-refractivity contribution in [1.82, 2.24) is 9.97 Å². The summed E-state index contributed by atoms with van der Waals surface area (Å²) in [5, 5.41) is 1.15. The van der Waals surface area contributed by atoms with E-state index < -0.39 is 0 Å². The van der Waals surface area contributed by atoms with Crippen molar-refractivity contribution in [3.8, 4) is 45.4 Å². The van der Waals surface area contributed by atoms with E-state index in [1.807, 2.05) is 60.7 Å². The number of nitrogens with zero attached hydrogens (tertiary/aromatic N) is 1. The molecule has 0 amide bonds. The van der Waals surface area contributed by atoms with Gasteiger partial charge in [0.2, 0.25) is 0 Å². The van der Waals surface area contributed by atoms with Gasteiger partial charge in [-0.05, 0) is 30.3 Å². The molecule has 0 saturated heterocycles. The van der Waals surface area contributed by atoms with Crippen LogP contribution in [-0.4, -0.2) is 17.1 Å². The highest BCUT2D eigenvalue weighted by Gasteiger charge is 2.17. The molecule has 0 fully saturated rings. The summed E-state index contributed by atoms with van der Waals surface area (Å²) in [4.78, 5) is 8.48. The fraction of sp³-hybridized carbons (Fsp3) is 0.0690. The monoisotopic (exact) mass is 500 g/mol. The molecule has 0 aliphatic carbocycles. The second-order valence-electron chi connectivity index (χ2n) is 7.93. The molecule has 5 aromatic rings. The molecule has 0 radical (unpaired) electrons. The van der Waals surface area contributed by atoms with Crippen molar-refractivity contribution in [2.45, 2.75) is 6.61 Å². The van der Waals surface area contributed by atoms with Crippen LogP contribution in [0.3, 0.4) is 0 Å². The van der Waals surface area contributed by atoms with E-state index in [0.717, 1.165) is 39.5 Å². The van der Waals surface area contributed by atoms with E-state index in [0.29, 0.717) is 28.2 Å². The zero-order valence-electron chi connectivity index (χ0n) is 19.0. The highest BCUT2D eigenvalue weighted by atomic mass is 35.5. The first kappa shape index (κ1) is 23.0. The molecule has 174 valence electrons. The van der Waals surface area contributed by atoms with Gasteiger partial charge in [-0.3, -0.25) is 0 Å². The Morgan fingerprint density at radius 2 is 1.46 bits per heavy atom. The summed E-state index contributed by atoms with van der Waals surface area (Å²) >= 11 is 12.3. The van der Waals surface area contributed by atoms with E-state index in [9.17, 15) is 0 Å². The zero-order valence-corrected chi connectivity index (χ0v) is 20.5. The van der Waals surface area contributed by atoms with Gasteiger partial charge in [0.15, 0.2) is 11.5 Å². The van der Waals surface area contributed by atoms with E-state index in [1.54, 1.807) is 19.2 Å². The van der Waals surface area contributed by atoms with Gasteiger partial charge in [-0.1, -0.05) is 89.9 Å². The SMILES string of the molecule is COc1cc(-c2nc(-c3ccccc3)c(-c3ccccc3)[nH]2)ccc1OCc1ccc(Cl)cc1Cl. The quantitative estimate of drug-likeness (QED) is 0.244. The Bertz CT molecular complexity index is 1390. The highest BCUT2D eigenvalue weighted by molar-refractivity contribution is 6.35. The largest absolute Gasteiger partial charge is 0.493 e. The molecule has 5 rings (SSSR count). The Balaban J connectivity index is 1.48. The molecule has 0 atom stereocenters. The van der Waals surface area contributed by atoms with E-state index in [1.165, 1.54) is 0 Å². The van der Waals surface area contributed by atoms with Gasteiger partial charge < -0.3 is 14.5 Å². The summed E-state index contributed by atoms with van der Waals surface area (Å²) in [6.45, 7) is 0.294. The van der Waals surface area contributed by atoms with Crippen molar-refractivity contribution in [2.75, 3.05) is 7.11 Å². The molecule has 0 aliphatic rings. The first-order valence-electron chi connectivity index (χ1n) is 11.1. The van der Waals surface area contributed by atoms with Crippen molar-refractivity contribution < 1.29 is 9.47 Å². The molecule has 4 aromatic carbocycles. The van der Waals surface area contributed by atoms with Crippen molar-refractivity contribution in [3.05, 3.63) is 113 Å². The summed E-state index contributed by atoms with van der Waals surface area (Å²) in [5.41, 5.74) is 5.69. The Kier molecular flexibility index (Phi) is 6.75. The minimum absolute atomic E-state index is 0.294. The van der Waals surface area contributed by atoms with Gasteiger partial charge in [0, 0.05) is 32.3 Å². The number of rotatable bonds is 7. The number of ether oxygens (including phenoxy) is 2. The third kappa shape index (κ3) is 5.04. The average Bonchev–Trinajstić information content (AvgIpc) is 3.35. The molecule has 4 nitrogen and oxygen atoms in total. The number of imidazole rings is 1. The molecule has 0 spiro atoms. The van der Waals surface area contributed by atoms with Crippen molar-refractivity contribution in [2.24, 2.45) is 0 Å². The maximum atomic E-state index is 6.28. The summed E-state index contributed by atoms with van der Waals surface area (Å²) in [7, 11) is 1.62. The first-order valence-corrected chi connectivity index (χ1v) is 11.8. The molecular formula is C29H22Cl2N2O2. The summed E-state index contributed by atoms with van der Waals surface area (Å²) in [5.74, 6) is 1.96. The van der Waals surface area contributed by atoms with Gasteiger partial charge in [-0.2, -0.15) is 0 Å². The fourth-order valence-corrected chi connectivity index (χ4v) is 4.32. The van der Waals surface area contributed by atoms with Crippen LogP contribution in [0.25, 0.3) is 33.9 Å². The normalized spacial score (nSPS) is 10.8. The third-order valence-electron chi connectivity index (χ3n) is 5.65. The smallest absolute Gasteiger partial charge is 0.161 e. The molecule has 0 aliphatic heterocycles. The lowest BCUT2D eigenvalue weighted by atomic mass is 10.1. The number of hydrogen-bond acceptors (Lipinski definition) is 3. The predicted octanol–water partition coefficient (Wildman–Crippen LogP) is 8.31. The Labute approximate surface area is 214 Å². The lowest BCUT2D eigenvalue weighted by Gasteiger charge is -2.12. The van der Waals surface area contributed by atoms with Crippen molar-refractivity contribution >= 4 is 23.2 Å². The lowest BCUT2D eigenvalue weighted by Crippen LogP contribution is -1.99. The van der Waals surface area contributed by atoms with Crippen LogP contribution >= 0.6 is 23.2 Å². The minimum atomic E-state index is 0.294. The maximum Gasteiger partial charge on any atom is 0.161 e. The number of H-pyrrole nitrogens is 1. The molecule has 1 aromatic heterocycles. The number of nitrogens with one attached hydrogen (secondary N) is 1. The maximum absolute atomic E-state index is 6.28. The number of aromatic amines is 1.